The summed E-state index contributed by atoms with van der Waals surface area (Å²) in [5, 5.41) is 23.2. The van der Waals surface area contributed by atoms with E-state index in [0.29, 0.717) is 0 Å². The van der Waals surface area contributed by atoms with E-state index in [0.717, 1.165) is 18.3 Å². The van der Waals surface area contributed by atoms with Gasteiger partial charge in [0, 0.05) is 12.5 Å². The third-order valence-corrected chi connectivity index (χ3v) is 7.42. The lowest BCUT2D eigenvalue weighted by Gasteiger charge is -2.21. The Morgan fingerprint density at radius 3 is 2.29 bits per heavy atom. The quantitative estimate of drug-likeness (QED) is 0.129. The van der Waals surface area contributed by atoms with Crippen molar-refractivity contribution in [2.45, 2.75) is 30.6 Å². The Kier molecular flexibility index (Phi) is 8.91. The molecule has 2 atom stereocenters. The summed E-state index contributed by atoms with van der Waals surface area (Å²) in [7, 11) is -10.4. The van der Waals surface area contributed by atoms with E-state index < -0.39 is 63.1 Å². The van der Waals surface area contributed by atoms with Crippen molar-refractivity contribution in [1.82, 2.24) is 4.98 Å². The molecule has 1 aliphatic rings. The minimum atomic E-state index is -5.22. The Hall–Kier alpha value is -2.84. The number of hydrogen-bond acceptors (Lipinski definition) is 11. The number of rotatable bonds is 11. The Balaban J connectivity index is 1.78. The van der Waals surface area contributed by atoms with E-state index in [2.05, 4.69) is 15.0 Å². The van der Waals surface area contributed by atoms with E-state index in [4.69, 9.17) is 29.4 Å². The third-order valence-electron chi connectivity index (χ3n) is 4.09. The van der Waals surface area contributed by atoms with Crippen LogP contribution in [-0.2, 0) is 33.0 Å². The van der Waals surface area contributed by atoms with Crippen LogP contribution in [0.25, 0.3) is 0 Å². The van der Waals surface area contributed by atoms with Gasteiger partial charge < -0.3 is 49.9 Å². The monoisotopic (exact) mass is 525 g/mol. The topological polar surface area (TPSA) is 262 Å². The average molecular weight is 525 g/mol. The van der Waals surface area contributed by atoms with E-state index in [1.165, 1.54) is 6.07 Å². The highest BCUT2D eigenvalue weighted by Gasteiger charge is 2.43. The molecule has 0 radical (unpaired) electrons. The summed E-state index contributed by atoms with van der Waals surface area (Å²) >= 11 is 0. The van der Waals surface area contributed by atoms with Gasteiger partial charge in [0.05, 0.1) is 18.3 Å². The van der Waals surface area contributed by atoms with Gasteiger partial charge in [0.1, 0.15) is 18.5 Å². The Morgan fingerprint density at radius 1 is 1.15 bits per heavy atom. The van der Waals surface area contributed by atoms with Crippen LogP contribution in [0.4, 0.5) is 11.5 Å². The SMILES string of the molecule is O=C(CCC(=O)OCC(O)C1C=C(O)C(=O)O1)Nc1ccc(NC(P(=O)(O)O)P(=O)(O)O)nc1. The smallest absolute Gasteiger partial charge is 0.373 e. The molecule has 16 nitrogen and oxygen atoms in total. The van der Waals surface area contributed by atoms with Crippen molar-refractivity contribution < 1.29 is 62.8 Å². The minimum absolute atomic E-state index is 0.109. The molecule has 0 bridgehead atoms. The lowest BCUT2D eigenvalue weighted by Crippen LogP contribution is -2.31. The number of nitrogens with one attached hydrogen (secondary N) is 2. The second kappa shape index (κ2) is 11.1. The first kappa shape index (κ1) is 27.4. The van der Waals surface area contributed by atoms with Gasteiger partial charge in [-0.05, 0) is 12.1 Å². The second-order valence-corrected chi connectivity index (χ2v) is 10.6. The largest absolute Gasteiger partial charge is 0.502 e. The summed E-state index contributed by atoms with van der Waals surface area (Å²) in [5.74, 6) is -3.46. The number of carbonyl (C=O) groups is 3. The molecule has 2 heterocycles. The first-order valence-electron chi connectivity index (χ1n) is 9.25. The zero-order valence-electron chi connectivity index (χ0n) is 17.0. The fraction of sp³-hybridized carbons (Fsp3) is 0.375. The number of ether oxygens (including phenoxy) is 2. The molecule has 0 saturated carbocycles. The molecule has 18 heteroatoms. The van der Waals surface area contributed by atoms with Crippen LogP contribution in [0, 0.1) is 0 Å². The predicted molar refractivity (Wildman–Crippen MR) is 111 cm³/mol. The second-order valence-electron chi connectivity index (χ2n) is 6.85. The Bertz CT molecular complexity index is 1030. The molecular weight excluding hydrogens is 504 g/mol. The van der Waals surface area contributed by atoms with Crippen LogP contribution in [0.15, 0.2) is 30.2 Å². The summed E-state index contributed by atoms with van der Waals surface area (Å²) in [6.07, 6.45) is -1.29. The van der Waals surface area contributed by atoms with Gasteiger partial charge in [0.25, 0.3) is 0 Å². The molecule has 0 spiro atoms. The van der Waals surface area contributed by atoms with Gasteiger partial charge in [-0.1, -0.05) is 0 Å². The number of aliphatic hydroxyl groups excluding tert-OH is 2. The summed E-state index contributed by atoms with van der Waals surface area (Å²) < 4.78 is 31.9. The number of nitrogens with zero attached hydrogens (tertiary/aromatic N) is 1. The van der Waals surface area contributed by atoms with Crippen LogP contribution in [-0.4, -0.2) is 77.0 Å². The van der Waals surface area contributed by atoms with Gasteiger partial charge in [0.15, 0.2) is 6.10 Å². The molecule has 1 aliphatic heterocycles. The number of hydrogen-bond donors (Lipinski definition) is 8. The summed E-state index contributed by atoms with van der Waals surface area (Å²) in [6.45, 7) is -0.551. The van der Waals surface area contributed by atoms with Crippen molar-refractivity contribution in [3.8, 4) is 0 Å². The Labute approximate surface area is 190 Å². The number of carbonyl (C=O) groups excluding carboxylic acids is 3. The standard InChI is InChI=1S/C16H21N3O13P2/c20-9-5-11(32-15(9)24)10(21)7-31-14(23)4-3-13(22)18-8-1-2-12(17-6-8)19-16(33(25,26)27)34(28,29)30/h1-2,5-6,10-11,16,20-21H,3-4,7H2,(H,17,19)(H,18,22)(H2,25,26,27)(H2,28,29,30). The maximum absolute atomic E-state index is 12.0. The summed E-state index contributed by atoms with van der Waals surface area (Å²) in [4.78, 5) is 74.7. The highest BCUT2D eigenvalue weighted by atomic mass is 31.2. The van der Waals surface area contributed by atoms with Gasteiger partial charge in [-0.15, -0.1) is 0 Å². The minimum Gasteiger partial charge on any atom is -0.502 e. The van der Waals surface area contributed by atoms with Crippen molar-refractivity contribution in [1.29, 1.82) is 0 Å². The van der Waals surface area contributed by atoms with Crippen molar-refractivity contribution >= 4 is 44.5 Å². The van der Waals surface area contributed by atoms with E-state index in [-0.39, 0.29) is 24.3 Å². The van der Waals surface area contributed by atoms with Gasteiger partial charge in [0.2, 0.25) is 17.2 Å². The zero-order valence-corrected chi connectivity index (χ0v) is 18.8. The maximum atomic E-state index is 12.0. The fourth-order valence-electron chi connectivity index (χ4n) is 2.47. The van der Waals surface area contributed by atoms with Crippen molar-refractivity contribution in [2.75, 3.05) is 17.2 Å². The predicted octanol–water partition coefficient (Wildman–Crippen LogP) is -0.877. The number of aromatic nitrogens is 1. The summed E-state index contributed by atoms with van der Waals surface area (Å²) in [6, 6.07) is 2.33. The van der Waals surface area contributed by atoms with Crippen LogP contribution >= 0.6 is 15.2 Å². The Morgan fingerprint density at radius 2 is 1.79 bits per heavy atom. The average Bonchev–Trinajstić information content (AvgIpc) is 3.06. The normalized spacial score (nSPS) is 17.1. The van der Waals surface area contributed by atoms with Gasteiger partial charge >= 0.3 is 27.1 Å². The number of esters is 2. The molecule has 2 rings (SSSR count). The fourth-order valence-corrected chi connectivity index (χ4v) is 4.63. The molecule has 0 aliphatic carbocycles. The molecule has 1 amide bonds. The first-order valence-corrected chi connectivity index (χ1v) is 12.6. The highest BCUT2D eigenvalue weighted by molar-refractivity contribution is 7.71. The molecule has 0 fully saturated rings. The lowest BCUT2D eigenvalue weighted by molar-refractivity contribution is -0.153. The number of aliphatic hydroxyl groups is 2. The molecule has 0 aromatic carbocycles. The molecule has 188 valence electrons. The molecular formula is C16H21N3O13P2. The van der Waals surface area contributed by atoms with Crippen molar-refractivity contribution in [3.63, 3.8) is 0 Å². The molecule has 1 aromatic heterocycles. The van der Waals surface area contributed by atoms with Gasteiger partial charge in [-0.2, -0.15) is 0 Å². The van der Waals surface area contributed by atoms with E-state index in [1.54, 1.807) is 0 Å². The first-order chi connectivity index (χ1) is 15.7. The van der Waals surface area contributed by atoms with Gasteiger partial charge in [-0.25, -0.2) is 9.78 Å². The molecule has 34 heavy (non-hydrogen) atoms. The van der Waals surface area contributed by atoms with E-state index >= 15 is 0 Å². The van der Waals surface area contributed by atoms with Crippen LogP contribution in [0.1, 0.15) is 12.8 Å². The lowest BCUT2D eigenvalue weighted by atomic mass is 10.2. The number of anilines is 2. The van der Waals surface area contributed by atoms with Crippen molar-refractivity contribution in [3.05, 3.63) is 30.2 Å². The molecule has 2 unspecified atom stereocenters. The summed E-state index contributed by atoms with van der Waals surface area (Å²) in [5.41, 5.74) is -2.39. The number of pyridine rings is 1. The van der Waals surface area contributed by atoms with Crippen LogP contribution in [0.5, 0.6) is 0 Å². The van der Waals surface area contributed by atoms with E-state index in [9.17, 15) is 28.6 Å². The van der Waals surface area contributed by atoms with Crippen LogP contribution in [0.3, 0.4) is 0 Å². The maximum Gasteiger partial charge on any atom is 0.373 e. The highest BCUT2D eigenvalue weighted by Crippen LogP contribution is 2.59. The van der Waals surface area contributed by atoms with Crippen LogP contribution < -0.4 is 10.6 Å². The van der Waals surface area contributed by atoms with Crippen molar-refractivity contribution in [2.24, 2.45) is 0 Å². The van der Waals surface area contributed by atoms with Gasteiger partial charge in [-0.3, -0.25) is 18.7 Å². The molecule has 8 N–H and O–H groups in total. The zero-order chi connectivity index (χ0) is 25.7. The van der Waals surface area contributed by atoms with Crippen LogP contribution in [0.2, 0.25) is 0 Å². The molecule has 0 saturated heterocycles. The van der Waals surface area contributed by atoms with E-state index in [1.807, 2.05) is 5.32 Å². The number of cyclic esters (lactones) is 1. The molecule has 1 aromatic rings. The third kappa shape index (κ3) is 8.18. The number of amides is 1.